The lowest BCUT2D eigenvalue weighted by molar-refractivity contribution is -0.385. The van der Waals surface area contributed by atoms with Crippen molar-refractivity contribution in [1.82, 2.24) is 0 Å². The van der Waals surface area contributed by atoms with Gasteiger partial charge in [0.05, 0.1) is 4.92 Å². The molecule has 0 aliphatic heterocycles. The summed E-state index contributed by atoms with van der Waals surface area (Å²) in [4.78, 5) is 21.2. The van der Waals surface area contributed by atoms with E-state index in [1.807, 2.05) is 13.8 Å². The monoisotopic (exact) mass is 277 g/mol. The number of carboxylic acid groups (broad SMARTS) is 1. The Labute approximate surface area is 116 Å². The maximum absolute atomic E-state index is 11.1. The highest BCUT2D eigenvalue weighted by Crippen LogP contribution is 2.23. The minimum Gasteiger partial charge on any atom is -0.480 e. The number of hydrogen-bond donors (Lipinski definition) is 2. The van der Waals surface area contributed by atoms with Gasteiger partial charge in [-0.15, -0.1) is 0 Å². The molecule has 0 aromatic heterocycles. The molecule has 0 radical (unpaired) electrons. The summed E-state index contributed by atoms with van der Waals surface area (Å²) < 4.78 is 0. The van der Waals surface area contributed by atoms with Crippen molar-refractivity contribution in [3.8, 4) is 6.07 Å². The van der Waals surface area contributed by atoms with Crippen LogP contribution in [-0.4, -0.2) is 22.0 Å². The fourth-order valence-corrected chi connectivity index (χ4v) is 1.77. The number of aliphatic carboxylic acids is 1. The quantitative estimate of drug-likeness (QED) is 0.609. The minimum absolute atomic E-state index is 0.103. The summed E-state index contributed by atoms with van der Waals surface area (Å²) in [5, 5.41) is 31.5. The van der Waals surface area contributed by atoms with Crippen molar-refractivity contribution in [2.45, 2.75) is 26.3 Å². The summed E-state index contributed by atoms with van der Waals surface area (Å²) in [6.45, 7) is 3.79. The van der Waals surface area contributed by atoms with E-state index in [0.717, 1.165) is 0 Å². The molecule has 0 amide bonds. The molecule has 0 aliphatic carbocycles. The number of nitriles is 1. The predicted octanol–water partition coefficient (Wildman–Crippen LogP) is 2.38. The zero-order valence-corrected chi connectivity index (χ0v) is 11.2. The second kappa shape index (κ2) is 6.52. The van der Waals surface area contributed by atoms with Crippen LogP contribution >= 0.6 is 0 Å². The first-order valence-corrected chi connectivity index (χ1v) is 6.03. The molecule has 7 nitrogen and oxygen atoms in total. The van der Waals surface area contributed by atoms with Gasteiger partial charge in [0.2, 0.25) is 0 Å². The molecular weight excluding hydrogens is 262 g/mol. The number of carbonyl (C=O) groups is 1. The summed E-state index contributed by atoms with van der Waals surface area (Å²) in [5.74, 6) is -0.826. The van der Waals surface area contributed by atoms with Crippen molar-refractivity contribution in [2.24, 2.45) is 5.92 Å². The Balaban J connectivity index is 3.00. The molecule has 0 saturated heterocycles. The number of nitro benzene ring substituents is 1. The zero-order valence-electron chi connectivity index (χ0n) is 11.2. The maximum atomic E-state index is 11.1. The standard InChI is InChI=1S/C13H15N3O4/c1-8(2)5-11(13(17)18)15-10-3-4-12(16(19)20)9(6-10)7-14/h3-4,6,8,11,15H,5H2,1-2H3,(H,17,18). The fraction of sp³-hybridized carbons (Fsp3) is 0.385. The van der Waals surface area contributed by atoms with Gasteiger partial charge in [-0.1, -0.05) is 13.8 Å². The molecule has 0 fully saturated rings. The lowest BCUT2D eigenvalue weighted by Crippen LogP contribution is -2.30. The summed E-state index contributed by atoms with van der Waals surface area (Å²) in [7, 11) is 0. The van der Waals surface area contributed by atoms with Crippen LogP contribution in [-0.2, 0) is 4.79 Å². The molecule has 7 heteroatoms. The summed E-state index contributed by atoms with van der Waals surface area (Å²) in [5.41, 5.74) is -0.0253. The third-order valence-electron chi connectivity index (χ3n) is 2.66. The van der Waals surface area contributed by atoms with Gasteiger partial charge in [-0.3, -0.25) is 10.1 Å². The third-order valence-corrected chi connectivity index (χ3v) is 2.66. The molecule has 1 aromatic rings. The van der Waals surface area contributed by atoms with Crippen LogP contribution < -0.4 is 5.32 Å². The van der Waals surface area contributed by atoms with Gasteiger partial charge >= 0.3 is 5.97 Å². The first-order valence-electron chi connectivity index (χ1n) is 6.03. The number of nitrogens with one attached hydrogen (secondary N) is 1. The molecule has 1 atom stereocenters. The van der Waals surface area contributed by atoms with Crippen molar-refractivity contribution >= 4 is 17.3 Å². The van der Waals surface area contributed by atoms with Crippen LogP contribution in [0.3, 0.4) is 0 Å². The molecular formula is C13H15N3O4. The van der Waals surface area contributed by atoms with E-state index in [1.54, 1.807) is 6.07 Å². The fourth-order valence-electron chi connectivity index (χ4n) is 1.77. The number of anilines is 1. The summed E-state index contributed by atoms with van der Waals surface area (Å²) >= 11 is 0. The molecule has 1 unspecified atom stereocenters. The molecule has 0 heterocycles. The highest BCUT2D eigenvalue weighted by molar-refractivity contribution is 5.77. The Morgan fingerprint density at radius 1 is 1.55 bits per heavy atom. The van der Waals surface area contributed by atoms with Gasteiger partial charge in [-0.2, -0.15) is 5.26 Å². The average Bonchev–Trinajstić information content (AvgIpc) is 2.36. The third kappa shape index (κ3) is 3.95. The van der Waals surface area contributed by atoms with Crippen LogP contribution in [0, 0.1) is 27.4 Å². The van der Waals surface area contributed by atoms with Gasteiger partial charge in [0, 0.05) is 11.8 Å². The van der Waals surface area contributed by atoms with Crippen LogP contribution in [0.5, 0.6) is 0 Å². The molecule has 106 valence electrons. The second-order valence-electron chi connectivity index (χ2n) is 4.77. The smallest absolute Gasteiger partial charge is 0.326 e. The van der Waals surface area contributed by atoms with Crippen molar-refractivity contribution in [1.29, 1.82) is 5.26 Å². The number of benzene rings is 1. The molecule has 0 aliphatic rings. The normalized spacial score (nSPS) is 11.7. The Bertz CT molecular complexity index is 563. The Morgan fingerprint density at radius 3 is 2.65 bits per heavy atom. The molecule has 1 rings (SSSR count). The first-order chi connectivity index (χ1) is 9.35. The number of nitrogens with zero attached hydrogens (tertiary/aromatic N) is 2. The van der Waals surface area contributed by atoms with Crippen molar-refractivity contribution in [3.05, 3.63) is 33.9 Å². The van der Waals surface area contributed by atoms with Crippen LogP contribution in [0.2, 0.25) is 0 Å². The zero-order chi connectivity index (χ0) is 15.3. The van der Waals surface area contributed by atoms with E-state index >= 15 is 0 Å². The molecule has 0 saturated carbocycles. The van der Waals surface area contributed by atoms with Gasteiger partial charge in [0.1, 0.15) is 17.7 Å². The van der Waals surface area contributed by atoms with Gasteiger partial charge < -0.3 is 10.4 Å². The van der Waals surface area contributed by atoms with E-state index in [1.165, 1.54) is 18.2 Å². The SMILES string of the molecule is CC(C)CC(Nc1ccc([N+](=O)[O-])c(C#N)c1)C(=O)O. The van der Waals surface area contributed by atoms with Crippen molar-refractivity contribution < 1.29 is 14.8 Å². The molecule has 0 spiro atoms. The van der Waals surface area contributed by atoms with E-state index in [2.05, 4.69) is 5.32 Å². The number of hydrogen-bond acceptors (Lipinski definition) is 5. The van der Waals surface area contributed by atoms with Gasteiger partial charge in [-0.25, -0.2) is 4.79 Å². The second-order valence-corrected chi connectivity index (χ2v) is 4.77. The Morgan fingerprint density at radius 2 is 2.20 bits per heavy atom. The van der Waals surface area contributed by atoms with E-state index in [4.69, 9.17) is 10.4 Å². The predicted molar refractivity (Wildman–Crippen MR) is 72.3 cm³/mol. The largest absolute Gasteiger partial charge is 0.480 e. The van der Waals surface area contributed by atoms with E-state index < -0.39 is 16.9 Å². The summed E-state index contributed by atoms with van der Waals surface area (Å²) in [6, 6.07) is 4.80. The highest BCUT2D eigenvalue weighted by Gasteiger charge is 2.20. The summed E-state index contributed by atoms with van der Waals surface area (Å²) in [6.07, 6.45) is 0.411. The topological polar surface area (TPSA) is 116 Å². The van der Waals surface area contributed by atoms with E-state index in [-0.39, 0.29) is 17.2 Å². The average molecular weight is 277 g/mol. The molecule has 2 N–H and O–H groups in total. The Kier molecular flexibility index (Phi) is 5.03. The van der Waals surface area contributed by atoms with Gasteiger partial charge in [0.15, 0.2) is 0 Å². The maximum Gasteiger partial charge on any atom is 0.326 e. The van der Waals surface area contributed by atoms with Crippen LogP contribution in [0.1, 0.15) is 25.8 Å². The number of nitro groups is 1. The van der Waals surface area contributed by atoms with Crippen LogP contribution in [0.4, 0.5) is 11.4 Å². The number of rotatable bonds is 6. The number of carboxylic acids is 1. The van der Waals surface area contributed by atoms with Crippen molar-refractivity contribution in [3.63, 3.8) is 0 Å². The first kappa shape index (κ1) is 15.4. The van der Waals surface area contributed by atoms with Crippen LogP contribution in [0.25, 0.3) is 0 Å². The Hall–Kier alpha value is -2.62. The van der Waals surface area contributed by atoms with E-state index in [0.29, 0.717) is 12.1 Å². The highest BCUT2D eigenvalue weighted by atomic mass is 16.6. The lowest BCUT2D eigenvalue weighted by Gasteiger charge is -2.17. The molecule has 1 aromatic carbocycles. The lowest BCUT2D eigenvalue weighted by atomic mass is 10.0. The molecule has 20 heavy (non-hydrogen) atoms. The van der Waals surface area contributed by atoms with Crippen molar-refractivity contribution in [2.75, 3.05) is 5.32 Å². The van der Waals surface area contributed by atoms with Gasteiger partial charge in [0.25, 0.3) is 5.69 Å². The van der Waals surface area contributed by atoms with Gasteiger partial charge in [-0.05, 0) is 24.5 Å². The van der Waals surface area contributed by atoms with Crippen LogP contribution in [0.15, 0.2) is 18.2 Å². The molecule has 0 bridgehead atoms. The van der Waals surface area contributed by atoms with E-state index in [9.17, 15) is 14.9 Å². The minimum atomic E-state index is -1.00.